The Bertz CT molecular complexity index is 736. The Morgan fingerprint density at radius 1 is 1.36 bits per heavy atom. The molecule has 0 spiro atoms. The van der Waals surface area contributed by atoms with Gasteiger partial charge >= 0.3 is 0 Å². The lowest BCUT2D eigenvalue weighted by Gasteiger charge is -2.41. The predicted octanol–water partition coefficient (Wildman–Crippen LogP) is 1.64. The van der Waals surface area contributed by atoms with Crippen LogP contribution >= 0.6 is 0 Å². The van der Waals surface area contributed by atoms with Gasteiger partial charge in [-0.25, -0.2) is 0 Å². The molecule has 0 atom stereocenters. The van der Waals surface area contributed by atoms with Crippen molar-refractivity contribution in [1.29, 1.82) is 0 Å². The Morgan fingerprint density at radius 2 is 2.23 bits per heavy atom. The van der Waals surface area contributed by atoms with E-state index in [1.165, 1.54) is 6.07 Å². The molecule has 0 radical (unpaired) electrons. The van der Waals surface area contributed by atoms with Crippen LogP contribution < -0.4 is 0 Å². The van der Waals surface area contributed by atoms with Crippen molar-refractivity contribution in [3.63, 3.8) is 0 Å². The fourth-order valence-electron chi connectivity index (χ4n) is 3.31. The van der Waals surface area contributed by atoms with E-state index in [0.717, 1.165) is 36.6 Å². The lowest BCUT2D eigenvalue weighted by atomic mass is 9.75. The summed E-state index contributed by atoms with van der Waals surface area (Å²) in [5.41, 5.74) is 0.844. The number of rotatable bonds is 4. The maximum atomic E-state index is 11.0. The van der Waals surface area contributed by atoms with Crippen molar-refractivity contribution in [3.05, 3.63) is 51.6 Å². The molecule has 0 saturated carbocycles. The van der Waals surface area contributed by atoms with Gasteiger partial charge in [0.1, 0.15) is 11.6 Å². The smallest absolute Gasteiger partial charge is 0.269 e. The van der Waals surface area contributed by atoms with Gasteiger partial charge in [0, 0.05) is 36.9 Å². The Balaban J connectivity index is 1.68. The summed E-state index contributed by atoms with van der Waals surface area (Å²) in [5, 5.41) is 19.6. The first kappa shape index (κ1) is 13.4. The summed E-state index contributed by atoms with van der Waals surface area (Å²) in [6.07, 6.45) is 2.80. The molecule has 0 N–H and O–H groups in total. The Labute approximate surface area is 127 Å². The standard InChI is InChI=1S/C15H16N4O3/c20-19(21)12-4-1-3-11(7-12)15(9-22-10-15)8-14-17-16-13-5-2-6-18(13)14/h1,3-4,7H,2,5-6,8-10H2. The second-order valence-corrected chi connectivity index (χ2v) is 6.04. The Hall–Kier alpha value is -2.28. The molecule has 0 unspecified atom stereocenters. The van der Waals surface area contributed by atoms with Gasteiger partial charge in [0.15, 0.2) is 0 Å². The molecule has 1 saturated heterocycles. The predicted molar refractivity (Wildman–Crippen MR) is 77.6 cm³/mol. The molecule has 0 bridgehead atoms. The molecule has 1 aromatic carbocycles. The normalized spacial score (nSPS) is 18.7. The number of non-ortho nitro benzene ring substituents is 1. The molecule has 7 heteroatoms. The van der Waals surface area contributed by atoms with Crippen LogP contribution in [0.4, 0.5) is 5.69 Å². The van der Waals surface area contributed by atoms with E-state index in [-0.39, 0.29) is 16.0 Å². The molecule has 4 rings (SSSR count). The van der Waals surface area contributed by atoms with Gasteiger partial charge in [0.25, 0.3) is 5.69 Å². The molecule has 0 aliphatic carbocycles. The zero-order valence-electron chi connectivity index (χ0n) is 12.1. The fourth-order valence-corrected chi connectivity index (χ4v) is 3.31. The fraction of sp³-hybridized carbons (Fsp3) is 0.467. The van der Waals surface area contributed by atoms with Crippen LogP contribution in [0.2, 0.25) is 0 Å². The average molecular weight is 300 g/mol. The minimum absolute atomic E-state index is 0.121. The Morgan fingerprint density at radius 3 is 2.95 bits per heavy atom. The highest BCUT2D eigenvalue weighted by atomic mass is 16.6. The SMILES string of the molecule is O=[N+]([O-])c1cccc(C2(Cc3nnc4n3CCC4)COC2)c1. The van der Waals surface area contributed by atoms with E-state index in [1.54, 1.807) is 12.1 Å². The molecule has 7 nitrogen and oxygen atoms in total. The zero-order chi connectivity index (χ0) is 15.2. The van der Waals surface area contributed by atoms with E-state index < -0.39 is 0 Å². The van der Waals surface area contributed by atoms with Gasteiger partial charge in [0.2, 0.25) is 0 Å². The van der Waals surface area contributed by atoms with Gasteiger partial charge in [-0.1, -0.05) is 12.1 Å². The summed E-state index contributed by atoms with van der Waals surface area (Å²) in [4.78, 5) is 10.6. The molecule has 2 aliphatic rings. The summed E-state index contributed by atoms with van der Waals surface area (Å²) in [7, 11) is 0. The van der Waals surface area contributed by atoms with Crippen LogP contribution in [-0.4, -0.2) is 32.9 Å². The second-order valence-electron chi connectivity index (χ2n) is 6.04. The first-order valence-electron chi connectivity index (χ1n) is 7.42. The summed E-state index contributed by atoms with van der Waals surface area (Å²) < 4.78 is 7.61. The monoisotopic (exact) mass is 300 g/mol. The number of aromatic nitrogens is 3. The van der Waals surface area contributed by atoms with Crippen molar-refractivity contribution < 1.29 is 9.66 Å². The third-order valence-corrected chi connectivity index (χ3v) is 4.61. The van der Waals surface area contributed by atoms with Gasteiger partial charge in [-0.3, -0.25) is 10.1 Å². The van der Waals surface area contributed by atoms with E-state index in [2.05, 4.69) is 14.8 Å². The highest BCUT2D eigenvalue weighted by Crippen LogP contribution is 2.37. The number of nitro groups is 1. The number of hydrogen-bond donors (Lipinski definition) is 0. The third kappa shape index (κ3) is 2.00. The van der Waals surface area contributed by atoms with Crippen molar-refractivity contribution in [1.82, 2.24) is 14.8 Å². The molecule has 2 aromatic rings. The maximum absolute atomic E-state index is 11.0. The zero-order valence-corrected chi connectivity index (χ0v) is 12.1. The second kappa shape index (κ2) is 4.88. The van der Waals surface area contributed by atoms with Crippen molar-refractivity contribution >= 4 is 5.69 Å². The van der Waals surface area contributed by atoms with E-state index in [4.69, 9.17) is 4.74 Å². The van der Waals surface area contributed by atoms with Crippen molar-refractivity contribution in [2.24, 2.45) is 0 Å². The number of hydrogen-bond acceptors (Lipinski definition) is 5. The molecule has 22 heavy (non-hydrogen) atoms. The quantitative estimate of drug-likeness (QED) is 0.633. The van der Waals surface area contributed by atoms with Crippen LogP contribution in [0, 0.1) is 10.1 Å². The van der Waals surface area contributed by atoms with Gasteiger partial charge in [-0.15, -0.1) is 10.2 Å². The van der Waals surface area contributed by atoms with Gasteiger partial charge < -0.3 is 9.30 Å². The number of fused-ring (bicyclic) bond motifs is 1. The molecular formula is C15H16N4O3. The van der Waals surface area contributed by atoms with E-state index in [9.17, 15) is 10.1 Å². The first-order chi connectivity index (χ1) is 10.7. The van der Waals surface area contributed by atoms with E-state index in [1.807, 2.05) is 6.07 Å². The first-order valence-corrected chi connectivity index (χ1v) is 7.42. The number of benzene rings is 1. The van der Waals surface area contributed by atoms with Gasteiger partial charge in [0.05, 0.1) is 18.1 Å². The lowest BCUT2D eigenvalue weighted by Crippen LogP contribution is -2.49. The van der Waals surface area contributed by atoms with Crippen LogP contribution in [0.3, 0.4) is 0 Å². The molecule has 1 aromatic heterocycles. The van der Waals surface area contributed by atoms with Crippen molar-refractivity contribution in [2.75, 3.05) is 13.2 Å². The van der Waals surface area contributed by atoms with E-state index >= 15 is 0 Å². The minimum Gasteiger partial charge on any atom is -0.379 e. The van der Waals surface area contributed by atoms with Crippen LogP contribution in [0.25, 0.3) is 0 Å². The summed E-state index contributed by atoms with van der Waals surface area (Å²) >= 11 is 0. The minimum atomic E-state index is -0.356. The highest BCUT2D eigenvalue weighted by molar-refractivity contribution is 5.40. The topological polar surface area (TPSA) is 83.1 Å². The molecule has 2 aliphatic heterocycles. The molecular weight excluding hydrogens is 284 g/mol. The van der Waals surface area contributed by atoms with Gasteiger partial charge in [-0.2, -0.15) is 0 Å². The Kier molecular flexibility index (Phi) is 2.97. The molecule has 1 fully saturated rings. The number of nitro benzene ring substituents is 1. The third-order valence-electron chi connectivity index (χ3n) is 4.61. The molecule has 0 amide bonds. The average Bonchev–Trinajstić information content (AvgIpc) is 3.07. The lowest BCUT2D eigenvalue weighted by molar-refractivity contribution is -0.385. The van der Waals surface area contributed by atoms with Crippen molar-refractivity contribution in [2.45, 2.75) is 31.2 Å². The highest BCUT2D eigenvalue weighted by Gasteiger charge is 2.42. The molecule has 3 heterocycles. The number of ether oxygens (including phenoxy) is 1. The summed E-state index contributed by atoms with van der Waals surface area (Å²) in [5.74, 6) is 2.01. The molecule has 114 valence electrons. The van der Waals surface area contributed by atoms with Crippen LogP contribution in [-0.2, 0) is 29.5 Å². The van der Waals surface area contributed by atoms with Gasteiger partial charge in [-0.05, 0) is 12.0 Å². The summed E-state index contributed by atoms with van der Waals surface area (Å²) in [6, 6.07) is 6.85. The summed E-state index contributed by atoms with van der Waals surface area (Å²) in [6.45, 7) is 2.09. The van der Waals surface area contributed by atoms with Crippen LogP contribution in [0.15, 0.2) is 24.3 Å². The van der Waals surface area contributed by atoms with Crippen LogP contribution in [0.5, 0.6) is 0 Å². The van der Waals surface area contributed by atoms with Crippen molar-refractivity contribution in [3.8, 4) is 0 Å². The number of aryl methyl sites for hydroxylation is 1. The van der Waals surface area contributed by atoms with Crippen LogP contribution in [0.1, 0.15) is 23.6 Å². The largest absolute Gasteiger partial charge is 0.379 e. The number of nitrogens with zero attached hydrogens (tertiary/aromatic N) is 4. The maximum Gasteiger partial charge on any atom is 0.269 e. The van der Waals surface area contributed by atoms with E-state index in [0.29, 0.717) is 19.6 Å².